The van der Waals surface area contributed by atoms with Crippen molar-refractivity contribution in [2.45, 2.75) is 39.2 Å². The molecule has 2 aromatic rings. The van der Waals surface area contributed by atoms with Crippen LogP contribution in [-0.2, 0) is 11.2 Å². The average molecular weight is 372 g/mol. The zero-order valence-corrected chi connectivity index (χ0v) is 15.9. The minimum absolute atomic E-state index is 0.0314. The van der Waals surface area contributed by atoms with Gasteiger partial charge in [0, 0.05) is 29.7 Å². The molecule has 3 amide bonds. The van der Waals surface area contributed by atoms with Gasteiger partial charge in [0.2, 0.25) is 5.91 Å². The molecule has 2 N–H and O–H groups in total. The van der Waals surface area contributed by atoms with Crippen LogP contribution < -0.4 is 10.6 Å². The molecule has 1 aromatic heterocycles. The first-order chi connectivity index (χ1) is 12.5. The standard InChI is InChI=1S/C19H24N4O2S/c1-13-17(26-14(2)20-13)12-18(24)21-16-8-10-23(11-9-16)19(25)22-15-6-4-3-5-7-15/h3-7,16H,8-12H2,1-2H3,(H,21,24)(H,22,25). The highest BCUT2D eigenvalue weighted by Gasteiger charge is 2.24. The van der Waals surface area contributed by atoms with Gasteiger partial charge in [-0.05, 0) is 38.8 Å². The second-order valence-electron chi connectivity index (χ2n) is 6.54. The molecule has 1 fully saturated rings. The highest BCUT2D eigenvalue weighted by Crippen LogP contribution is 2.18. The first kappa shape index (κ1) is 18.4. The van der Waals surface area contributed by atoms with Gasteiger partial charge in [0.25, 0.3) is 0 Å². The van der Waals surface area contributed by atoms with Crippen LogP contribution in [-0.4, -0.2) is 41.0 Å². The number of aryl methyl sites for hydroxylation is 2. The molecular formula is C19H24N4O2S. The van der Waals surface area contributed by atoms with Crippen LogP contribution in [0.25, 0.3) is 0 Å². The van der Waals surface area contributed by atoms with Gasteiger partial charge in [-0.3, -0.25) is 4.79 Å². The number of rotatable bonds is 4. The molecule has 2 heterocycles. The van der Waals surface area contributed by atoms with Crippen LogP contribution in [0, 0.1) is 13.8 Å². The molecule has 1 saturated heterocycles. The van der Waals surface area contributed by atoms with Gasteiger partial charge in [0.1, 0.15) is 0 Å². The summed E-state index contributed by atoms with van der Waals surface area (Å²) in [6.45, 7) is 5.18. The van der Waals surface area contributed by atoms with E-state index >= 15 is 0 Å². The van der Waals surface area contributed by atoms with Gasteiger partial charge >= 0.3 is 6.03 Å². The van der Waals surface area contributed by atoms with Gasteiger partial charge in [-0.25, -0.2) is 9.78 Å². The minimum Gasteiger partial charge on any atom is -0.353 e. The Labute approximate surface area is 157 Å². The Bertz CT molecular complexity index is 767. The van der Waals surface area contributed by atoms with Crippen LogP contribution in [0.5, 0.6) is 0 Å². The first-order valence-corrected chi connectivity index (χ1v) is 9.66. The highest BCUT2D eigenvalue weighted by atomic mass is 32.1. The number of likely N-dealkylation sites (tertiary alicyclic amines) is 1. The molecule has 0 unspecified atom stereocenters. The molecule has 0 aliphatic carbocycles. The lowest BCUT2D eigenvalue weighted by atomic mass is 10.1. The molecule has 1 aliphatic heterocycles. The van der Waals surface area contributed by atoms with Crippen molar-refractivity contribution >= 4 is 29.0 Å². The Balaban J connectivity index is 1.44. The van der Waals surface area contributed by atoms with Gasteiger partial charge in [0.05, 0.1) is 17.1 Å². The summed E-state index contributed by atoms with van der Waals surface area (Å²) >= 11 is 1.58. The van der Waals surface area contributed by atoms with E-state index in [0.29, 0.717) is 19.5 Å². The van der Waals surface area contributed by atoms with Crippen molar-refractivity contribution in [1.29, 1.82) is 0 Å². The fraction of sp³-hybridized carbons (Fsp3) is 0.421. The lowest BCUT2D eigenvalue weighted by Gasteiger charge is -2.32. The summed E-state index contributed by atoms with van der Waals surface area (Å²) in [4.78, 5) is 31.8. The molecule has 0 atom stereocenters. The van der Waals surface area contributed by atoms with Crippen LogP contribution in [0.15, 0.2) is 30.3 Å². The van der Waals surface area contributed by atoms with E-state index in [0.717, 1.165) is 34.1 Å². The molecule has 138 valence electrons. The molecule has 3 rings (SSSR count). The maximum absolute atomic E-state index is 12.3. The zero-order valence-electron chi connectivity index (χ0n) is 15.1. The smallest absolute Gasteiger partial charge is 0.321 e. The van der Waals surface area contributed by atoms with Crippen molar-refractivity contribution in [2.75, 3.05) is 18.4 Å². The van der Waals surface area contributed by atoms with Crippen molar-refractivity contribution < 1.29 is 9.59 Å². The quantitative estimate of drug-likeness (QED) is 0.866. The van der Waals surface area contributed by atoms with Gasteiger partial charge in [-0.15, -0.1) is 11.3 Å². The summed E-state index contributed by atoms with van der Waals surface area (Å²) in [5, 5.41) is 6.99. The third-order valence-electron chi connectivity index (χ3n) is 4.49. The topological polar surface area (TPSA) is 74.3 Å². The third-order valence-corrected chi connectivity index (χ3v) is 5.57. The molecule has 0 radical (unpaired) electrons. The summed E-state index contributed by atoms with van der Waals surface area (Å²) in [5.41, 5.74) is 1.73. The van der Waals surface area contributed by atoms with E-state index in [1.165, 1.54) is 0 Å². The fourth-order valence-corrected chi connectivity index (χ4v) is 4.05. The summed E-state index contributed by atoms with van der Waals surface area (Å²) in [7, 11) is 0. The van der Waals surface area contributed by atoms with E-state index in [1.807, 2.05) is 44.2 Å². The number of hydrogen-bond donors (Lipinski definition) is 2. The van der Waals surface area contributed by atoms with E-state index in [1.54, 1.807) is 16.2 Å². The molecule has 0 bridgehead atoms. The third kappa shape index (κ3) is 4.82. The number of para-hydroxylation sites is 1. The Hall–Kier alpha value is -2.41. The van der Waals surface area contributed by atoms with Crippen LogP contribution in [0.2, 0.25) is 0 Å². The van der Waals surface area contributed by atoms with E-state index in [9.17, 15) is 9.59 Å². The minimum atomic E-state index is -0.0864. The number of benzene rings is 1. The molecule has 0 saturated carbocycles. The monoisotopic (exact) mass is 372 g/mol. The van der Waals surface area contributed by atoms with Crippen LogP contribution in [0.3, 0.4) is 0 Å². The molecule has 1 aromatic carbocycles. The van der Waals surface area contributed by atoms with Gasteiger partial charge in [-0.1, -0.05) is 18.2 Å². The maximum atomic E-state index is 12.3. The summed E-state index contributed by atoms with van der Waals surface area (Å²) in [6, 6.07) is 9.48. The van der Waals surface area contributed by atoms with Gasteiger partial charge in [-0.2, -0.15) is 0 Å². The number of nitrogens with one attached hydrogen (secondary N) is 2. The largest absolute Gasteiger partial charge is 0.353 e. The van der Waals surface area contributed by atoms with Gasteiger partial charge < -0.3 is 15.5 Å². The van der Waals surface area contributed by atoms with Crippen molar-refractivity contribution in [1.82, 2.24) is 15.2 Å². The summed E-state index contributed by atoms with van der Waals surface area (Å²) in [5.74, 6) is 0.0314. The van der Waals surface area contributed by atoms with E-state index in [-0.39, 0.29) is 18.0 Å². The lowest BCUT2D eigenvalue weighted by Crippen LogP contribution is -2.48. The van der Waals surface area contributed by atoms with E-state index in [4.69, 9.17) is 0 Å². The number of piperidine rings is 1. The fourth-order valence-electron chi connectivity index (χ4n) is 3.11. The summed E-state index contributed by atoms with van der Waals surface area (Å²) in [6.07, 6.45) is 1.93. The van der Waals surface area contributed by atoms with Crippen LogP contribution in [0.4, 0.5) is 10.5 Å². The number of anilines is 1. The second-order valence-corrected chi connectivity index (χ2v) is 7.83. The molecular weight excluding hydrogens is 348 g/mol. The molecule has 26 heavy (non-hydrogen) atoms. The Kier molecular flexibility index (Phi) is 5.88. The van der Waals surface area contributed by atoms with Crippen molar-refractivity contribution in [3.63, 3.8) is 0 Å². The number of hydrogen-bond acceptors (Lipinski definition) is 4. The Morgan fingerprint density at radius 3 is 2.50 bits per heavy atom. The number of urea groups is 1. The van der Waals surface area contributed by atoms with Crippen LogP contribution >= 0.6 is 11.3 Å². The van der Waals surface area contributed by atoms with E-state index < -0.39 is 0 Å². The van der Waals surface area contributed by atoms with E-state index in [2.05, 4.69) is 15.6 Å². The summed E-state index contributed by atoms with van der Waals surface area (Å²) < 4.78 is 0. The molecule has 6 nitrogen and oxygen atoms in total. The number of aromatic nitrogens is 1. The van der Waals surface area contributed by atoms with Crippen molar-refractivity contribution in [3.8, 4) is 0 Å². The molecule has 7 heteroatoms. The number of thiazole rings is 1. The number of nitrogens with zero attached hydrogens (tertiary/aromatic N) is 2. The number of carbonyl (C=O) groups excluding carboxylic acids is 2. The highest BCUT2D eigenvalue weighted by molar-refractivity contribution is 7.11. The molecule has 0 spiro atoms. The second kappa shape index (κ2) is 8.31. The Morgan fingerprint density at radius 1 is 1.19 bits per heavy atom. The Morgan fingerprint density at radius 2 is 1.88 bits per heavy atom. The number of amides is 3. The normalized spacial score (nSPS) is 14.9. The van der Waals surface area contributed by atoms with Crippen LogP contribution in [0.1, 0.15) is 28.4 Å². The lowest BCUT2D eigenvalue weighted by molar-refractivity contribution is -0.121. The zero-order chi connectivity index (χ0) is 18.5. The van der Waals surface area contributed by atoms with Crippen molar-refractivity contribution in [3.05, 3.63) is 45.9 Å². The van der Waals surface area contributed by atoms with Crippen molar-refractivity contribution in [2.24, 2.45) is 0 Å². The first-order valence-electron chi connectivity index (χ1n) is 8.84. The predicted molar refractivity (Wildman–Crippen MR) is 103 cm³/mol. The number of carbonyl (C=O) groups is 2. The predicted octanol–water partition coefficient (Wildman–Crippen LogP) is 3.12. The maximum Gasteiger partial charge on any atom is 0.321 e. The average Bonchev–Trinajstić information content (AvgIpc) is 2.93. The molecule has 1 aliphatic rings. The SMILES string of the molecule is Cc1nc(C)c(CC(=O)NC2CCN(C(=O)Nc3ccccc3)CC2)s1. The van der Waals surface area contributed by atoms with Gasteiger partial charge in [0.15, 0.2) is 0 Å².